The number of anilines is 1. The van der Waals surface area contributed by atoms with Gasteiger partial charge in [-0.1, -0.05) is 65.7 Å². The van der Waals surface area contributed by atoms with E-state index < -0.39 is 36.0 Å². The van der Waals surface area contributed by atoms with E-state index in [4.69, 9.17) is 32.7 Å². The molecule has 0 aliphatic carbocycles. The summed E-state index contributed by atoms with van der Waals surface area (Å²) in [4.78, 5) is 50.7. The normalized spacial score (nSPS) is 12.2. The third-order valence-electron chi connectivity index (χ3n) is 4.84. The molecule has 2 atom stereocenters. The zero-order valence-electron chi connectivity index (χ0n) is 18.2. The number of carboxylic acid groups (broad SMARTS) is 1. The fourth-order valence-corrected chi connectivity index (χ4v) is 3.45. The van der Waals surface area contributed by atoms with Crippen LogP contribution in [0.25, 0.3) is 0 Å². The van der Waals surface area contributed by atoms with E-state index >= 15 is 0 Å². The highest BCUT2D eigenvalue weighted by Gasteiger charge is 2.41. The average molecular weight is 516 g/mol. The van der Waals surface area contributed by atoms with Crippen molar-refractivity contribution in [2.45, 2.75) is 19.1 Å². The summed E-state index contributed by atoms with van der Waals surface area (Å²) in [6, 6.07) is 18.3. The predicted molar refractivity (Wildman–Crippen MR) is 129 cm³/mol. The SMILES string of the molecule is Cc1ccccc1NC(=O)[C@H](OC(=O)c1ccccc1Cl)[C@H](OC(=O)c1ccccc1Cl)C(=O)O. The molecule has 3 aromatic rings. The van der Waals surface area contributed by atoms with Gasteiger partial charge in [-0.15, -0.1) is 0 Å². The maximum absolute atomic E-state index is 13.1. The van der Waals surface area contributed by atoms with E-state index in [2.05, 4.69) is 5.32 Å². The molecule has 2 N–H and O–H groups in total. The number of aryl methyl sites for hydroxylation is 1. The Hall–Kier alpha value is -3.88. The van der Waals surface area contributed by atoms with Gasteiger partial charge in [0, 0.05) is 5.69 Å². The van der Waals surface area contributed by atoms with E-state index in [9.17, 15) is 24.3 Å². The number of hydrogen-bond acceptors (Lipinski definition) is 6. The van der Waals surface area contributed by atoms with Crippen molar-refractivity contribution in [3.63, 3.8) is 0 Å². The lowest BCUT2D eigenvalue weighted by molar-refractivity contribution is -0.157. The Balaban J connectivity index is 1.95. The monoisotopic (exact) mass is 515 g/mol. The van der Waals surface area contributed by atoms with Gasteiger partial charge in [0.05, 0.1) is 21.2 Å². The number of aliphatic carboxylic acids is 1. The van der Waals surface area contributed by atoms with Gasteiger partial charge in [0.2, 0.25) is 12.2 Å². The van der Waals surface area contributed by atoms with Crippen LogP contribution in [0.1, 0.15) is 26.3 Å². The van der Waals surface area contributed by atoms with E-state index in [1.807, 2.05) is 0 Å². The topological polar surface area (TPSA) is 119 Å². The van der Waals surface area contributed by atoms with Crippen LogP contribution in [0.2, 0.25) is 10.0 Å². The highest BCUT2D eigenvalue weighted by Crippen LogP contribution is 2.22. The number of para-hydroxylation sites is 1. The molecule has 0 bridgehead atoms. The van der Waals surface area contributed by atoms with E-state index in [1.165, 1.54) is 36.4 Å². The third kappa shape index (κ3) is 6.38. The van der Waals surface area contributed by atoms with Crippen molar-refractivity contribution in [1.82, 2.24) is 0 Å². The summed E-state index contributed by atoms with van der Waals surface area (Å²) in [5.74, 6) is -4.95. The maximum Gasteiger partial charge on any atom is 0.349 e. The van der Waals surface area contributed by atoms with Crippen molar-refractivity contribution in [3.8, 4) is 0 Å². The molecule has 3 rings (SSSR count). The summed E-state index contributed by atoms with van der Waals surface area (Å²) in [5, 5.41) is 12.4. The minimum atomic E-state index is -2.20. The van der Waals surface area contributed by atoms with Crippen molar-refractivity contribution in [1.29, 1.82) is 0 Å². The number of benzene rings is 3. The van der Waals surface area contributed by atoms with Crippen molar-refractivity contribution < 1.29 is 33.8 Å². The summed E-state index contributed by atoms with van der Waals surface area (Å²) in [6.07, 6.45) is -4.27. The van der Waals surface area contributed by atoms with Gasteiger partial charge < -0.3 is 19.9 Å². The van der Waals surface area contributed by atoms with Crippen molar-refractivity contribution >= 4 is 52.7 Å². The fourth-order valence-electron chi connectivity index (χ4n) is 3.02. The Bertz CT molecular complexity index is 1280. The Labute approximate surface area is 210 Å². The number of hydrogen-bond donors (Lipinski definition) is 2. The molecule has 10 heteroatoms. The average Bonchev–Trinajstić information content (AvgIpc) is 2.82. The first-order valence-corrected chi connectivity index (χ1v) is 10.9. The van der Waals surface area contributed by atoms with Crippen LogP contribution < -0.4 is 5.32 Å². The molecule has 3 aromatic carbocycles. The number of carboxylic acids is 1. The summed E-state index contributed by atoms with van der Waals surface area (Å²) in [7, 11) is 0. The number of carbonyl (C=O) groups is 4. The molecule has 0 unspecified atom stereocenters. The maximum atomic E-state index is 13.1. The Morgan fingerprint density at radius 2 is 1.20 bits per heavy atom. The van der Waals surface area contributed by atoms with Crippen LogP contribution in [0.5, 0.6) is 0 Å². The molecule has 0 radical (unpaired) electrons. The van der Waals surface area contributed by atoms with E-state index in [1.54, 1.807) is 43.3 Å². The molecule has 0 aromatic heterocycles. The zero-order valence-corrected chi connectivity index (χ0v) is 19.7. The first-order chi connectivity index (χ1) is 16.7. The lowest BCUT2D eigenvalue weighted by atomic mass is 10.1. The van der Waals surface area contributed by atoms with Gasteiger partial charge in [0.1, 0.15) is 0 Å². The molecule has 180 valence electrons. The second-order valence-corrected chi connectivity index (χ2v) is 8.07. The lowest BCUT2D eigenvalue weighted by Crippen LogP contribution is -2.48. The molecule has 8 nitrogen and oxygen atoms in total. The number of amides is 1. The number of halogens is 2. The van der Waals surface area contributed by atoms with Crippen molar-refractivity contribution in [2.75, 3.05) is 5.32 Å². The van der Waals surface area contributed by atoms with Crippen LogP contribution >= 0.6 is 23.2 Å². The molecule has 0 heterocycles. The second-order valence-electron chi connectivity index (χ2n) is 7.25. The van der Waals surface area contributed by atoms with Crippen LogP contribution in [0.4, 0.5) is 5.69 Å². The lowest BCUT2D eigenvalue weighted by Gasteiger charge is -2.24. The summed E-state index contributed by atoms with van der Waals surface area (Å²) >= 11 is 12.0. The molecule has 0 fully saturated rings. The number of nitrogens with one attached hydrogen (secondary N) is 1. The van der Waals surface area contributed by atoms with Gasteiger partial charge in [-0.25, -0.2) is 14.4 Å². The molecule has 0 spiro atoms. The highest BCUT2D eigenvalue weighted by molar-refractivity contribution is 6.34. The largest absolute Gasteiger partial charge is 0.478 e. The summed E-state index contributed by atoms with van der Waals surface area (Å²) < 4.78 is 10.4. The number of ether oxygens (including phenoxy) is 2. The number of esters is 2. The van der Waals surface area contributed by atoms with Crippen LogP contribution in [0.15, 0.2) is 72.8 Å². The zero-order chi connectivity index (χ0) is 25.5. The van der Waals surface area contributed by atoms with Gasteiger partial charge in [0.15, 0.2) is 0 Å². The second kappa shape index (κ2) is 11.5. The Morgan fingerprint density at radius 1 is 0.743 bits per heavy atom. The smallest absolute Gasteiger partial charge is 0.349 e. The van der Waals surface area contributed by atoms with Crippen LogP contribution in [-0.2, 0) is 19.1 Å². The fraction of sp³-hybridized carbons (Fsp3) is 0.120. The van der Waals surface area contributed by atoms with Gasteiger partial charge >= 0.3 is 17.9 Å². The van der Waals surface area contributed by atoms with Crippen molar-refractivity contribution in [3.05, 3.63) is 99.5 Å². The molecule has 0 aliphatic rings. The highest BCUT2D eigenvalue weighted by atomic mass is 35.5. The standard InChI is InChI=1S/C25H19Cl2NO7/c1-14-8-2-7-13-19(14)28-22(29)20(34-24(32)15-9-3-5-11-17(15)26)21(23(30)31)35-25(33)16-10-4-6-12-18(16)27/h2-13,20-21H,1H3,(H,28,29)(H,30,31)/t20-,21+/m1/s1. The van der Waals surface area contributed by atoms with Crippen LogP contribution in [0.3, 0.4) is 0 Å². The molecule has 0 saturated carbocycles. The predicted octanol–water partition coefficient (Wildman–Crippen LogP) is 4.78. The van der Waals surface area contributed by atoms with E-state index in [-0.39, 0.29) is 21.2 Å². The van der Waals surface area contributed by atoms with Gasteiger partial charge in [-0.05, 0) is 42.8 Å². The first kappa shape index (κ1) is 25.7. The van der Waals surface area contributed by atoms with Crippen LogP contribution in [0, 0.1) is 6.92 Å². The molecular weight excluding hydrogens is 497 g/mol. The third-order valence-corrected chi connectivity index (χ3v) is 5.49. The molecule has 0 aliphatic heterocycles. The van der Waals surface area contributed by atoms with Gasteiger partial charge in [-0.3, -0.25) is 4.79 Å². The number of rotatable bonds is 8. The minimum absolute atomic E-state index is 0.00983. The Morgan fingerprint density at radius 3 is 1.69 bits per heavy atom. The Kier molecular flexibility index (Phi) is 8.46. The van der Waals surface area contributed by atoms with Crippen LogP contribution in [-0.4, -0.2) is 41.1 Å². The molecule has 0 saturated heterocycles. The number of carbonyl (C=O) groups excluding carboxylic acids is 3. The molecule has 1 amide bonds. The van der Waals surface area contributed by atoms with Crippen molar-refractivity contribution in [2.24, 2.45) is 0 Å². The molecule has 35 heavy (non-hydrogen) atoms. The van der Waals surface area contributed by atoms with Gasteiger partial charge in [0.25, 0.3) is 5.91 Å². The molecular formula is C25H19Cl2NO7. The quantitative estimate of drug-likeness (QED) is 0.414. The first-order valence-electron chi connectivity index (χ1n) is 10.2. The summed E-state index contributed by atoms with van der Waals surface area (Å²) in [5.41, 5.74) is 0.773. The minimum Gasteiger partial charge on any atom is -0.478 e. The van der Waals surface area contributed by atoms with Gasteiger partial charge in [-0.2, -0.15) is 0 Å². The summed E-state index contributed by atoms with van der Waals surface area (Å²) in [6.45, 7) is 1.71. The van der Waals surface area contributed by atoms with E-state index in [0.717, 1.165) is 0 Å². The van der Waals surface area contributed by atoms with E-state index in [0.29, 0.717) is 11.3 Å².